The van der Waals surface area contributed by atoms with Gasteiger partial charge < -0.3 is 10.6 Å². The molecule has 0 aromatic heterocycles. The molecule has 1 saturated carbocycles. The van der Waals surface area contributed by atoms with Gasteiger partial charge in [0.2, 0.25) is 0 Å². The van der Waals surface area contributed by atoms with E-state index in [9.17, 15) is 0 Å². The van der Waals surface area contributed by atoms with E-state index in [2.05, 4.69) is 30.6 Å². The molecular weight excluding hydrogens is 246 g/mol. The van der Waals surface area contributed by atoms with Gasteiger partial charge >= 0.3 is 0 Å². The average Bonchev–Trinajstić information content (AvgIpc) is 2.46. The van der Waals surface area contributed by atoms with Gasteiger partial charge in [-0.05, 0) is 37.1 Å². The highest BCUT2D eigenvalue weighted by atomic mass is 15.3. The van der Waals surface area contributed by atoms with Crippen molar-refractivity contribution in [1.82, 2.24) is 9.80 Å². The monoisotopic (exact) mass is 281 g/mol. The van der Waals surface area contributed by atoms with Crippen LogP contribution >= 0.6 is 0 Å². The normalized spacial score (nSPS) is 33.8. The molecule has 20 heavy (non-hydrogen) atoms. The fraction of sp³-hybridized carbons (Fsp3) is 1.00. The van der Waals surface area contributed by atoms with Crippen LogP contribution in [0.3, 0.4) is 0 Å². The lowest BCUT2D eigenvalue weighted by Gasteiger charge is -2.46. The van der Waals surface area contributed by atoms with Crippen LogP contribution in [0.5, 0.6) is 0 Å². The molecule has 0 aromatic carbocycles. The smallest absolute Gasteiger partial charge is 0.0139 e. The number of rotatable bonds is 5. The van der Waals surface area contributed by atoms with E-state index in [1.54, 1.807) is 0 Å². The largest absolute Gasteiger partial charge is 0.330 e. The lowest BCUT2D eigenvalue weighted by atomic mass is 9.76. The molecular formula is C17H35N3. The van der Waals surface area contributed by atoms with E-state index in [4.69, 9.17) is 5.73 Å². The van der Waals surface area contributed by atoms with Crippen molar-refractivity contribution < 1.29 is 0 Å². The minimum absolute atomic E-state index is 0.745. The summed E-state index contributed by atoms with van der Waals surface area (Å²) in [5, 5.41) is 0. The Bertz CT molecular complexity index is 271. The molecule has 1 heterocycles. The molecule has 2 N–H and O–H groups in total. The van der Waals surface area contributed by atoms with Crippen LogP contribution in [-0.4, -0.2) is 55.1 Å². The van der Waals surface area contributed by atoms with Gasteiger partial charge in [0.25, 0.3) is 0 Å². The Labute approximate surface area is 125 Å². The third-order valence-corrected chi connectivity index (χ3v) is 5.44. The SMILES string of the molecule is CCC1CCC(CN)C(N2CCN(CC(C)C)CC2)C1. The molecule has 0 bridgehead atoms. The molecule has 1 saturated heterocycles. The molecule has 3 atom stereocenters. The fourth-order valence-corrected chi connectivity index (χ4v) is 4.18. The van der Waals surface area contributed by atoms with Gasteiger partial charge in [-0.3, -0.25) is 4.90 Å². The van der Waals surface area contributed by atoms with Crippen molar-refractivity contribution in [3.05, 3.63) is 0 Å². The summed E-state index contributed by atoms with van der Waals surface area (Å²) in [6, 6.07) is 0.764. The maximum Gasteiger partial charge on any atom is 0.0139 e. The minimum atomic E-state index is 0.745. The van der Waals surface area contributed by atoms with Crippen molar-refractivity contribution in [1.29, 1.82) is 0 Å². The van der Waals surface area contributed by atoms with Crippen molar-refractivity contribution in [2.45, 2.75) is 52.5 Å². The predicted octanol–water partition coefficient (Wildman–Crippen LogP) is 2.41. The maximum atomic E-state index is 6.04. The van der Waals surface area contributed by atoms with E-state index in [0.29, 0.717) is 0 Å². The topological polar surface area (TPSA) is 32.5 Å². The fourth-order valence-electron chi connectivity index (χ4n) is 4.18. The van der Waals surface area contributed by atoms with Crippen LogP contribution in [0.15, 0.2) is 0 Å². The summed E-state index contributed by atoms with van der Waals surface area (Å²) in [4.78, 5) is 5.40. The molecule has 118 valence electrons. The number of piperazine rings is 1. The minimum Gasteiger partial charge on any atom is -0.330 e. The maximum absolute atomic E-state index is 6.04. The Hall–Kier alpha value is -0.120. The summed E-state index contributed by atoms with van der Waals surface area (Å²) in [5.74, 6) is 2.48. The highest BCUT2D eigenvalue weighted by molar-refractivity contribution is 4.89. The summed E-state index contributed by atoms with van der Waals surface area (Å²) in [7, 11) is 0. The van der Waals surface area contributed by atoms with E-state index in [-0.39, 0.29) is 0 Å². The standard InChI is InChI=1S/C17H35N3/c1-4-15-5-6-16(12-18)17(11-15)20-9-7-19(8-10-20)13-14(2)3/h14-17H,4-13,18H2,1-3H3. The van der Waals surface area contributed by atoms with Crippen LogP contribution in [0.25, 0.3) is 0 Å². The van der Waals surface area contributed by atoms with Crippen LogP contribution in [-0.2, 0) is 0 Å². The summed E-state index contributed by atoms with van der Waals surface area (Å²) in [5.41, 5.74) is 6.04. The van der Waals surface area contributed by atoms with Gasteiger partial charge in [0.15, 0.2) is 0 Å². The third-order valence-electron chi connectivity index (χ3n) is 5.44. The van der Waals surface area contributed by atoms with Crippen LogP contribution in [0.2, 0.25) is 0 Å². The second kappa shape index (κ2) is 7.77. The first-order valence-corrected chi connectivity index (χ1v) is 8.80. The first-order chi connectivity index (χ1) is 9.63. The molecule has 2 rings (SSSR count). The molecule has 1 aliphatic carbocycles. The van der Waals surface area contributed by atoms with Crippen molar-refractivity contribution in [3.63, 3.8) is 0 Å². The third kappa shape index (κ3) is 4.19. The number of hydrogen-bond donors (Lipinski definition) is 1. The molecule has 0 amide bonds. The van der Waals surface area contributed by atoms with E-state index in [0.717, 1.165) is 30.3 Å². The quantitative estimate of drug-likeness (QED) is 0.840. The Morgan fingerprint density at radius 1 is 1.10 bits per heavy atom. The predicted molar refractivity (Wildman–Crippen MR) is 86.8 cm³/mol. The van der Waals surface area contributed by atoms with Gasteiger partial charge in [0.05, 0.1) is 0 Å². The van der Waals surface area contributed by atoms with Crippen LogP contribution in [0.1, 0.15) is 46.5 Å². The Morgan fingerprint density at radius 3 is 2.35 bits per heavy atom. The summed E-state index contributed by atoms with van der Waals surface area (Å²) in [6.45, 7) is 14.2. The van der Waals surface area contributed by atoms with Crippen molar-refractivity contribution in [2.75, 3.05) is 39.3 Å². The summed E-state index contributed by atoms with van der Waals surface area (Å²) >= 11 is 0. The second-order valence-corrected chi connectivity index (χ2v) is 7.38. The number of nitrogens with two attached hydrogens (primary N) is 1. The van der Waals surface area contributed by atoms with Crippen molar-refractivity contribution in [2.24, 2.45) is 23.5 Å². The molecule has 3 nitrogen and oxygen atoms in total. The number of hydrogen-bond acceptors (Lipinski definition) is 3. The highest BCUT2D eigenvalue weighted by Gasteiger charge is 2.34. The second-order valence-electron chi connectivity index (χ2n) is 7.38. The highest BCUT2D eigenvalue weighted by Crippen LogP contribution is 2.34. The molecule has 0 aromatic rings. The number of nitrogens with zero attached hydrogens (tertiary/aromatic N) is 2. The summed E-state index contributed by atoms with van der Waals surface area (Å²) in [6.07, 6.45) is 5.50. The van der Waals surface area contributed by atoms with Crippen LogP contribution < -0.4 is 5.73 Å². The first kappa shape index (κ1) is 16.3. The van der Waals surface area contributed by atoms with E-state index in [1.165, 1.54) is 58.4 Å². The zero-order valence-corrected chi connectivity index (χ0v) is 13.9. The van der Waals surface area contributed by atoms with E-state index < -0.39 is 0 Å². The summed E-state index contributed by atoms with van der Waals surface area (Å²) < 4.78 is 0. The van der Waals surface area contributed by atoms with Gasteiger partial charge in [-0.1, -0.05) is 33.6 Å². The molecule has 3 heteroatoms. The van der Waals surface area contributed by atoms with Gasteiger partial charge in [-0.15, -0.1) is 0 Å². The van der Waals surface area contributed by atoms with E-state index in [1.807, 2.05) is 0 Å². The lowest BCUT2D eigenvalue weighted by molar-refractivity contribution is 0.0337. The average molecular weight is 281 g/mol. The van der Waals surface area contributed by atoms with E-state index >= 15 is 0 Å². The molecule has 2 aliphatic rings. The molecule has 0 spiro atoms. The van der Waals surface area contributed by atoms with Gasteiger partial charge in [0.1, 0.15) is 0 Å². The van der Waals surface area contributed by atoms with Crippen LogP contribution in [0, 0.1) is 17.8 Å². The first-order valence-electron chi connectivity index (χ1n) is 8.80. The molecule has 2 fully saturated rings. The zero-order chi connectivity index (χ0) is 14.5. The molecule has 0 radical (unpaired) electrons. The van der Waals surface area contributed by atoms with Crippen molar-refractivity contribution in [3.8, 4) is 0 Å². The molecule has 1 aliphatic heterocycles. The van der Waals surface area contributed by atoms with Gasteiger partial charge in [-0.2, -0.15) is 0 Å². The lowest BCUT2D eigenvalue weighted by Crippen LogP contribution is -2.55. The van der Waals surface area contributed by atoms with Gasteiger partial charge in [-0.25, -0.2) is 0 Å². The Kier molecular flexibility index (Phi) is 6.31. The Balaban J connectivity index is 1.86. The van der Waals surface area contributed by atoms with Crippen LogP contribution in [0.4, 0.5) is 0 Å². The molecule has 3 unspecified atom stereocenters. The zero-order valence-electron chi connectivity index (χ0n) is 13.9. The van der Waals surface area contributed by atoms with Gasteiger partial charge in [0, 0.05) is 38.8 Å². The Morgan fingerprint density at radius 2 is 1.80 bits per heavy atom. The van der Waals surface area contributed by atoms with Crippen molar-refractivity contribution >= 4 is 0 Å².